The van der Waals surface area contributed by atoms with Gasteiger partial charge in [0.05, 0.1) is 23.3 Å². The quantitative estimate of drug-likeness (QED) is 0.834. The summed E-state index contributed by atoms with van der Waals surface area (Å²) in [5.41, 5.74) is 8.59. The fourth-order valence-corrected chi connectivity index (χ4v) is 1.64. The molecule has 2 aromatic rings. The van der Waals surface area contributed by atoms with Gasteiger partial charge in [0.15, 0.2) is 0 Å². The number of aromatic nitrogens is 2. The van der Waals surface area contributed by atoms with Crippen LogP contribution < -0.4 is 5.73 Å². The molecule has 0 fully saturated rings. The summed E-state index contributed by atoms with van der Waals surface area (Å²) < 4.78 is 4.99. The lowest BCUT2D eigenvalue weighted by Gasteiger charge is -2.09. The highest BCUT2D eigenvalue weighted by molar-refractivity contribution is 5.73. The molecule has 84 valence electrons. The number of benzene rings is 1. The highest BCUT2D eigenvalue weighted by atomic mass is 16.5. The molecule has 0 saturated carbocycles. The lowest BCUT2D eigenvalue weighted by atomic mass is 10.2. The first-order valence-corrected chi connectivity index (χ1v) is 5.25. The van der Waals surface area contributed by atoms with Gasteiger partial charge in [0, 0.05) is 25.8 Å². The number of rotatable bonds is 4. The monoisotopic (exact) mass is 217 g/mol. The Morgan fingerprint density at radius 1 is 1.31 bits per heavy atom. The minimum atomic E-state index is -0.0273. The lowest BCUT2D eigenvalue weighted by Crippen LogP contribution is -2.28. The molecule has 0 saturated heterocycles. The molecule has 0 amide bonds. The molecule has 2 N–H and O–H groups in total. The van der Waals surface area contributed by atoms with Crippen molar-refractivity contribution in [3.8, 4) is 0 Å². The van der Waals surface area contributed by atoms with Gasteiger partial charge in [-0.15, -0.1) is 0 Å². The van der Waals surface area contributed by atoms with Gasteiger partial charge in [-0.1, -0.05) is 12.1 Å². The Balaban J connectivity index is 2.19. The third kappa shape index (κ3) is 2.53. The molecule has 0 aliphatic carbocycles. The Hall–Kier alpha value is -1.52. The average molecular weight is 217 g/mol. The Bertz CT molecular complexity index is 473. The summed E-state index contributed by atoms with van der Waals surface area (Å²) in [6.07, 6.45) is 2.46. The number of methoxy groups -OCH3 is 1. The summed E-state index contributed by atoms with van der Waals surface area (Å²) in [5.74, 6) is 0. The second-order valence-electron chi connectivity index (χ2n) is 3.77. The Labute approximate surface area is 94.5 Å². The molecule has 1 heterocycles. The van der Waals surface area contributed by atoms with Gasteiger partial charge in [-0.05, 0) is 12.1 Å². The maximum absolute atomic E-state index is 5.87. The molecule has 1 unspecified atom stereocenters. The number of hydrogen-bond donors (Lipinski definition) is 1. The van der Waals surface area contributed by atoms with Crippen LogP contribution in [0.3, 0.4) is 0 Å². The van der Waals surface area contributed by atoms with E-state index in [2.05, 4.69) is 9.97 Å². The number of nitrogens with two attached hydrogens (primary N) is 1. The third-order valence-corrected chi connectivity index (χ3v) is 2.35. The molecule has 0 aliphatic rings. The van der Waals surface area contributed by atoms with Crippen molar-refractivity contribution in [1.82, 2.24) is 9.97 Å². The van der Waals surface area contributed by atoms with Crippen molar-refractivity contribution in [2.24, 2.45) is 5.73 Å². The molecule has 2 rings (SSSR count). The van der Waals surface area contributed by atoms with Crippen molar-refractivity contribution in [3.63, 3.8) is 0 Å². The van der Waals surface area contributed by atoms with E-state index in [1.807, 2.05) is 24.3 Å². The van der Waals surface area contributed by atoms with E-state index in [9.17, 15) is 0 Å². The summed E-state index contributed by atoms with van der Waals surface area (Å²) in [7, 11) is 1.64. The van der Waals surface area contributed by atoms with Crippen LogP contribution in [0.2, 0.25) is 0 Å². The maximum Gasteiger partial charge on any atom is 0.0890 e. The molecule has 1 aromatic heterocycles. The first kappa shape index (κ1) is 11.0. The SMILES string of the molecule is COCC(N)Cc1cnc2ccccc2n1. The number of hydrogen-bond acceptors (Lipinski definition) is 4. The van der Waals surface area contributed by atoms with Crippen molar-refractivity contribution in [2.75, 3.05) is 13.7 Å². The van der Waals surface area contributed by atoms with E-state index < -0.39 is 0 Å². The van der Waals surface area contributed by atoms with Crippen LogP contribution in [0.4, 0.5) is 0 Å². The third-order valence-electron chi connectivity index (χ3n) is 2.35. The second-order valence-corrected chi connectivity index (χ2v) is 3.77. The summed E-state index contributed by atoms with van der Waals surface area (Å²) >= 11 is 0. The predicted octanol–water partition coefficient (Wildman–Crippen LogP) is 1.15. The van der Waals surface area contributed by atoms with Crippen LogP contribution in [-0.2, 0) is 11.2 Å². The van der Waals surface area contributed by atoms with E-state index >= 15 is 0 Å². The van der Waals surface area contributed by atoms with Gasteiger partial charge in [-0.25, -0.2) is 4.98 Å². The predicted molar refractivity (Wildman–Crippen MR) is 63.1 cm³/mol. The van der Waals surface area contributed by atoms with Crippen molar-refractivity contribution < 1.29 is 4.74 Å². The van der Waals surface area contributed by atoms with Crippen LogP contribution in [0.1, 0.15) is 5.69 Å². The highest BCUT2D eigenvalue weighted by Crippen LogP contribution is 2.09. The lowest BCUT2D eigenvalue weighted by molar-refractivity contribution is 0.179. The van der Waals surface area contributed by atoms with Gasteiger partial charge in [-0.3, -0.25) is 4.98 Å². The summed E-state index contributed by atoms with van der Waals surface area (Å²) in [4.78, 5) is 8.83. The van der Waals surface area contributed by atoms with Gasteiger partial charge in [0.2, 0.25) is 0 Å². The number of fused-ring (bicyclic) bond motifs is 1. The van der Waals surface area contributed by atoms with Crippen LogP contribution in [-0.4, -0.2) is 29.7 Å². The Kier molecular flexibility index (Phi) is 3.44. The fraction of sp³-hybridized carbons (Fsp3) is 0.333. The Morgan fingerprint density at radius 3 is 2.81 bits per heavy atom. The van der Waals surface area contributed by atoms with E-state index in [1.165, 1.54) is 0 Å². The van der Waals surface area contributed by atoms with Crippen molar-refractivity contribution in [1.29, 1.82) is 0 Å². The van der Waals surface area contributed by atoms with Crippen LogP contribution in [0.25, 0.3) is 11.0 Å². The molecule has 1 aromatic carbocycles. The molecule has 0 bridgehead atoms. The van der Waals surface area contributed by atoms with E-state index in [0.717, 1.165) is 16.7 Å². The molecule has 0 spiro atoms. The van der Waals surface area contributed by atoms with E-state index in [-0.39, 0.29) is 6.04 Å². The van der Waals surface area contributed by atoms with Crippen LogP contribution in [0.15, 0.2) is 30.5 Å². The van der Waals surface area contributed by atoms with Crippen molar-refractivity contribution >= 4 is 11.0 Å². The first-order chi connectivity index (χ1) is 7.79. The van der Waals surface area contributed by atoms with E-state index in [0.29, 0.717) is 13.0 Å². The van der Waals surface area contributed by atoms with Gasteiger partial charge in [0.1, 0.15) is 0 Å². The average Bonchev–Trinajstić information content (AvgIpc) is 2.29. The zero-order chi connectivity index (χ0) is 11.4. The molecule has 4 nitrogen and oxygen atoms in total. The molecule has 0 radical (unpaired) electrons. The van der Waals surface area contributed by atoms with Crippen LogP contribution in [0, 0.1) is 0 Å². The molecular weight excluding hydrogens is 202 g/mol. The second kappa shape index (κ2) is 5.01. The molecule has 0 aliphatic heterocycles. The number of para-hydroxylation sites is 2. The minimum absolute atomic E-state index is 0.0273. The van der Waals surface area contributed by atoms with Crippen molar-refractivity contribution in [3.05, 3.63) is 36.2 Å². The highest BCUT2D eigenvalue weighted by Gasteiger charge is 2.05. The van der Waals surface area contributed by atoms with Gasteiger partial charge >= 0.3 is 0 Å². The Morgan fingerprint density at radius 2 is 2.06 bits per heavy atom. The summed E-state index contributed by atoms with van der Waals surface area (Å²) in [6, 6.07) is 7.78. The standard InChI is InChI=1S/C12H15N3O/c1-16-8-9(13)6-10-7-14-11-4-2-3-5-12(11)15-10/h2-5,7,9H,6,8,13H2,1H3. The number of nitrogens with zero attached hydrogens (tertiary/aromatic N) is 2. The van der Waals surface area contributed by atoms with Gasteiger partial charge in [-0.2, -0.15) is 0 Å². The zero-order valence-electron chi connectivity index (χ0n) is 9.26. The topological polar surface area (TPSA) is 61.0 Å². The first-order valence-electron chi connectivity index (χ1n) is 5.25. The fourth-order valence-electron chi connectivity index (χ4n) is 1.64. The molecule has 1 atom stereocenters. The summed E-state index contributed by atoms with van der Waals surface area (Å²) in [5, 5.41) is 0. The van der Waals surface area contributed by atoms with Crippen molar-refractivity contribution in [2.45, 2.75) is 12.5 Å². The minimum Gasteiger partial charge on any atom is -0.383 e. The molecule has 4 heteroatoms. The largest absolute Gasteiger partial charge is 0.383 e. The summed E-state index contributed by atoms with van der Waals surface area (Å²) in [6.45, 7) is 0.536. The smallest absolute Gasteiger partial charge is 0.0890 e. The van der Waals surface area contributed by atoms with E-state index in [4.69, 9.17) is 10.5 Å². The van der Waals surface area contributed by atoms with Gasteiger partial charge in [0.25, 0.3) is 0 Å². The normalized spacial score (nSPS) is 12.9. The van der Waals surface area contributed by atoms with Crippen LogP contribution in [0.5, 0.6) is 0 Å². The number of ether oxygens (including phenoxy) is 1. The van der Waals surface area contributed by atoms with Crippen LogP contribution >= 0.6 is 0 Å². The van der Waals surface area contributed by atoms with Gasteiger partial charge < -0.3 is 10.5 Å². The maximum atomic E-state index is 5.87. The molecular formula is C12H15N3O. The zero-order valence-corrected chi connectivity index (χ0v) is 9.26. The van der Waals surface area contributed by atoms with E-state index in [1.54, 1.807) is 13.3 Å². The molecule has 16 heavy (non-hydrogen) atoms.